The number of carbonyl (C=O) groups is 1. The number of nitrogens with zero attached hydrogens (tertiary/aromatic N) is 4. The van der Waals surface area contributed by atoms with E-state index in [1.54, 1.807) is 19.0 Å². The van der Waals surface area contributed by atoms with Crippen LogP contribution in [-0.2, 0) is 11.2 Å². The highest BCUT2D eigenvalue weighted by Crippen LogP contribution is 2.14. The zero-order chi connectivity index (χ0) is 13.7. The van der Waals surface area contributed by atoms with Gasteiger partial charge in [-0.25, -0.2) is 9.97 Å². The second-order valence-corrected chi connectivity index (χ2v) is 4.28. The third-order valence-electron chi connectivity index (χ3n) is 2.59. The fourth-order valence-corrected chi connectivity index (χ4v) is 1.39. The van der Waals surface area contributed by atoms with E-state index < -0.39 is 0 Å². The molecule has 1 rings (SSSR count). The van der Waals surface area contributed by atoms with Crippen molar-refractivity contribution in [2.24, 2.45) is 0 Å². The summed E-state index contributed by atoms with van der Waals surface area (Å²) < 4.78 is 0. The van der Waals surface area contributed by atoms with Gasteiger partial charge in [-0.3, -0.25) is 4.79 Å². The van der Waals surface area contributed by atoms with E-state index in [4.69, 9.17) is 0 Å². The number of hydrogen-bond acceptors (Lipinski definition) is 5. The maximum atomic E-state index is 11.7. The van der Waals surface area contributed by atoms with Crippen LogP contribution >= 0.6 is 0 Å². The third kappa shape index (κ3) is 3.58. The van der Waals surface area contributed by atoms with Gasteiger partial charge < -0.3 is 15.1 Å². The Morgan fingerprint density at radius 2 is 2.00 bits per heavy atom. The number of hydrogen-bond donors (Lipinski definition) is 1. The summed E-state index contributed by atoms with van der Waals surface area (Å²) in [4.78, 5) is 23.8. The summed E-state index contributed by atoms with van der Waals surface area (Å²) >= 11 is 0. The molecule has 1 amide bonds. The number of aryl methyl sites for hydroxylation is 1. The van der Waals surface area contributed by atoms with Crippen molar-refractivity contribution in [3.05, 3.63) is 11.9 Å². The number of nitrogens with one attached hydrogen (secondary N) is 1. The number of carbonyl (C=O) groups excluding carboxylic acids is 1. The van der Waals surface area contributed by atoms with Crippen molar-refractivity contribution < 1.29 is 4.79 Å². The predicted molar refractivity (Wildman–Crippen MR) is 72.9 cm³/mol. The largest absolute Gasteiger partial charge is 0.373 e. The molecule has 6 nitrogen and oxygen atoms in total. The Kier molecular flexibility index (Phi) is 4.88. The van der Waals surface area contributed by atoms with E-state index in [0.29, 0.717) is 6.54 Å². The van der Waals surface area contributed by atoms with Crippen molar-refractivity contribution in [3.63, 3.8) is 0 Å². The zero-order valence-corrected chi connectivity index (χ0v) is 11.7. The molecule has 0 saturated carbocycles. The van der Waals surface area contributed by atoms with Crippen LogP contribution in [-0.4, -0.2) is 55.5 Å². The summed E-state index contributed by atoms with van der Waals surface area (Å²) in [5.74, 6) is 2.32. The average Bonchev–Trinajstić information content (AvgIpc) is 2.37. The molecular weight excluding hydrogens is 230 g/mol. The summed E-state index contributed by atoms with van der Waals surface area (Å²) in [6.45, 7) is 2.31. The van der Waals surface area contributed by atoms with E-state index in [1.165, 1.54) is 0 Å². The van der Waals surface area contributed by atoms with Crippen molar-refractivity contribution in [2.45, 2.75) is 13.3 Å². The van der Waals surface area contributed by atoms with Crippen LogP contribution in [0, 0.1) is 0 Å². The van der Waals surface area contributed by atoms with Crippen LogP contribution in [0.2, 0.25) is 0 Å². The molecule has 0 radical (unpaired) electrons. The molecule has 100 valence electrons. The van der Waals surface area contributed by atoms with E-state index >= 15 is 0 Å². The van der Waals surface area contributed by atoms with Crippen molar-refractivity contribution in [3.8, 4) is 0 Å². The molecule has 0 aromatic carbocycles. The van der Waals surface area contributed by atoms with E-state index in [1.807, 2.05) is 32.0 Å². The molecule has 1 aromatic rings. The van der Waals surface area contributed by atoms with Crippen LogP contribution in [0.5, 0.6) is 0 Å². The molecule has 18 heavy (non-hydrogen) atoms. The topological polar surface area (TPSA) is 61.4 Å². The Bertz CT molecular complexity index is 397. The average molecular weight is 251 g/mol. The van der Waals surface area contributed by atoms with Gasteiger partial charge in [-0.15, -0.1) is 0 Å². The Hall–Kier alpha value is -1.85. The molecule has 1 aromatic heterocycles. The fourth-order valence-electron chi connectivity index (χ4n) is 1.39. The first kappa shape index (κ1) is 14.2. The minimum Gasteiger partial charge on any atom is -0.373 e. The maximum absolute atomic E-state index is 11.7. The van der Waals surface area contributed by atoms with Gasteiger partial charge >= 0.3 is 0 Å². The van der Waals surface area contributed by atoms with Gasteiger partial charge in [0.25, 0.3) is 0 Å². The molecule has 0 fully saturated rings. The van der Waals surface area contributed by atoms with E-state index in [9.17, 15) is 4.79 Å². The first-order valence-electron chi connectivity index (χ1n) is 5.95. The van der Waals surface area contributed by atoms with Gasteiger partial charge in [0.1, 0.15) is 17.5 Å². The van der Waals surface area contributed by atoms with Crippen LogP contribution in [0.3, 0.4) is 0 Å². The van der Waals surface area contributed by atoms with Crippen LogP contribution in [0.25, 0.3) is 0 Å². The monoisotopic (exact) mass is 251 g/mol. The summed E-state index contributed by atoms with van der Waals surface area (Å²) in [5.41, 5.74) is 0. The SMILES string of the molecule is CCc1nc(NC)cc(N(C)CC(=O)N(C)C)n1. The van der Waals surface area contributed by atoms with Gasteiger partial charge in [-0.05, 0) is 0 Å². The molecule has 0 aliphatic rings. The molecule has 0 atom stereocenters. The lowest BCUT2D eigenvalue weighted by Crippen LogP contribution is -2.34. The van der Waals surface area contributed by atoms with Crippen molar-refractivity contribution >= 4 is 17.5 Å². The second kappa shape index (κ2) is 6.18. The first-order valence-corrected chi connectivity index (χ1v) is 5.95. The van der Waals surface area contributed by atoms with E-state index in [2.05, 4.69) is 15.3 Å². The van der Waals surface area contributed by atoms with Gasteiger partial charge in [-0.1, -0.05) is 6.92 Å². The number of anilines is 2. The molecule has 0 aliphatic carbocycles. The molecule has 0 spiro atoms. The Labute approximate surface area is 108 Å². The predicted octanol–water partition coefficient (Wildman–Crippen LogP) is 0.605. The van der Waals surface area contributed by atoms with Crippen molar-refractivity contribution in [1.82, 2.24) is 14.9 Å². The van der Waals surface area contributed by atoms with Crippen LogP contribution in [0.15, 0.2) is 6.07 Å². The quantitative estimate of drug-likeness (QED) is 0.830. The van der Waals surface area contributed by atoms with Gasteiger partial charge in [0, 0.05) is 40.7 Å². The molecule has 6 heteroatoms. The Morgan fingerprint density at radius 1 is 1.33 bits per heavy atom. The molecule has 0 bridgehead atoms. The first-order chi connectivity index (χ1) is 8.47. The lowest BCUT2D eigenvalue weighted by Gasteiger charge is -2.20. The summed E-state index contributed by atoms with van der Waals surface area (Å²) in [5, 5.41) is 3.00. The van der Waals surface area contributed by atoms with Crippen LogP contribution < -0.4 is 10.2 Å². The smallest absolute Gasteiger partial charge is 0.241 e. The highest BCUT2D eigenvalue weighted by atomic mass is 16.2. The lowest BCUT2D eigenvalue weighted by atomic mass is 10.4. The molecule has 0 saturated heterocycles. The van der Waals surface area contributed by atoms with Crippen molar-refractivity contribution in [1.29, 1.82) is 0 Å². The minimum atomic E-state index is 0.0418. The lowest BCUT2D eigenvalue weighted by molar-refractivity contribution is -0.127. The fraction of sp³-hybridized carbons (Fsp3) is 0.583. The van der Waals surface area contributed by atoms with Crippen LogP contribution in [0.1, 0.15) is 12.7 Å². The number of amides is 1. The number of rotatable bonds is 5. The summed E-state index contributed by atoms with van der Waals surface area (Å²) in [7, 11) is 7.15. The molecule has 0 aliphatic heterocycles. The molecule has 0 unspecified atom stereocenters. The second-order valence-electron chi connectivity index (χ2n) is 4.28. The van der Waals surface area contributed by atoms with E-state index in [0.717, 1.165) is 23.9 Å². The van der Waals surface area contributed by atoms with E-state index in [-0.39, 0.29) is 5.91 Å². The highest BCUT2D eigenvalue weighted by Gasteiger charge is 2.12. The minimum absolute atomic E-state index is 0.0418. The van der Waals surface area contributed by atoms with Gasteiger partial charge in [0.2, 0.25) is 5.91 Å². The van der Waals surface area contributed by atoms with Gasteiger partial charge in [-0.2, -0.15) is 0 Å². The van der Waals surface area contributed by atoms with Crippen LogP contribution in [0.4, 0.5) is 11.6 Å². The summed E-state index contributed by atoms with van der Waals surface area (Å²) in [6.07, 6.45) is 0.762. The Morgan fingerprint density at radius 3 is 2.50 bits per heavy atom. The normalized spacial score (nSPS) is 10.1. The maximum Gasteiger partial charge on any atom is 0.241 e. The van der Waals surface area contributed by atoms with Crippen molar-refractivity contribution in [2.75, 3.05) is 45.0 Å². The third-order valence-corrected chi connectivity index (χ3v) is 2.59. The Balaban J connectivity index is 2.90. The van der Waals surface area contributed by atoms with Gasteiger partial charge in [0.05, 0.1) is 6.54 Å². The number of likely N-dealkylation sites (N-methyl/N-ethyl adjacent to an activating group) is 2. The standard InChI is InChI=1S/C12H21N5O/c1-6-9-14-10(13-2)7-11(15-9)17(5)8-12(18)16(3)4/h7H,6,8H2,1-5H3,(H,13,14,15). The molecular formula is C12H21N5O. The zero-order valence-electron chi connectivity index (χ0n) is 11.7. The molecule has 1 N–H and O–H groups in total. The molecule has 1 heterocycles. The van der Waals surface area contributed by atoms with Gasteiger partial charge in [0.15, 0.2) is 0 Å². The highest BCUT2D eigenvalue weighted by molar-refractivity contribution is 5.80. The number of aromatic nitrogens is 2. The summed E-state index contributed by atoms with van der Waals surface area (Å²) in [6, 6.07) is 1.84.